The van der Waals surface area contributed by atoms with E-state index < -0.39 is 5.60 Å². The summed E-state index contributed by atoms with van der Waals surface area (Å²) in [5.74, 6) is 0.478. The van der Waals surface area contributed by atoms with Gasteiger partial charge in [0.25, 0.3) is 5.91 Å². The fourth-order valence-corrected chi connectivity index (χ4v) is 2.60. The van der Waals surface area contributed by atoms with Crippen molar-refractivity contribution in [3.05, 3.63) is 65.2 Å². The van der Waals surface area contributed by atoms with E-state index in [4.69, 9.17) is 16.3 Å². The average molecular weight is 346 g/mol. The summed E-state index contributed by atoms with van der Waals surface area (Å²) in [7, 11) is 0. The van der Waals surface area contributed by atoms with E-state index in [2.05, 4.69) is 12.2 Å². The van der Waals surface area contributed by atoms with Gasteiger partial charge >= 0.3 is 0 Å². The van der Waals surface area contributed by atoms with Crippen LogP contribution < -0.4 is 10.1 Å². The molecular weight excluding hydrogens is 322 g/mol. The van der Waals surface area contributed by atoms with Crippen LogP contribution in [0.1, 0.15) is 45.2 Å². The third kappa shape index (κ3) is 5.00. The van der Waals surface area contributed by atoms with Crippen LogP contribution in [0.15, 0.2) is 54.6 Å². The van der Waals surface area contributed by atoms with Crippen molar-refractivity contribution in [1.29, 1.82) is 0 Å². The Morgan fingerprint density at radius 1 is 1.12 bits per heavy atom. The molecule has 0 bridgehead atoms. The molecule has 2 aromatic rings. The highest BCUT2D eigenvalue weighted by atomic mass is 35.5. The quantitative estimate of drug-likeness (QED) is 0.753. The van der Waals surface area contributed by atoms with Crippen molar-refractivity contribution in [2.45, 2.75) is 45.3 Å². The Balaban J connectivity index is 2.08. The molecule has 0 aromatic heterocycles. The van der Waals surface area contributed by atoms with Gasteiger partial charge < -0.3 is 10.1 Å². The van der Waals surface area contributed by atoms with E-state index in [9.17, 15) is 4.79 Å². The minimum Gasteiger partial charge on any atom is -0.478 e. The van der Waals surface area contributed by atoms with E-state index in [1.165, 1.54) is 0 Å². The molecule has 0 saturated heterocycles. The van der Waals surface area contributed by atoms with Gasteiger partial charge in [0.05, 0.1) is 6.04 Å². The van der Waals surface area contributed by atoms with Gasteiger partial charge in [-0.15, -0.1) is 0 Å². The monoisotopic (exact) mass is 345 g/mol. The van der Waals surface area contributed by atoms with Gasteiger partial charge in [0.1, 0.15) is 5.75 Å². The summed E-state index contributed by atoms with van der Waals surface area (Å²) < 4.78 is 5.86. The normalized spacial score (nSPS) is 12.5. The lowest BCUT2D eigenvalue weighted by Crippen LogP contribution is -2.47. The summed E-state index contributed by atoms with van der Waals surface area (Å²) in [4.78, 5) is 12.7. The van der Waals surface area contributed by atoms with Gasteiger partial charge in [-0.1, -0.05) is 55.3 Å². The summed E-state index contributed by atoms with van der Waals surface area (Å²) in [6.45, 7) is 5.65. The number of rotatable bonds is 7. The fourth-order valence-electron chi connectivity index (χ4n) is 2.47. The van der Waals surface area contributed by atoms with E-state index >= 15 is 0 Å². The van der Waals surface area contributed by atoms with E-state index in [-0.39, 0.29) is 11.9 Å². The van der Waals surface area contributed by atoms with Gasteiger partial charge in [-0.2, -0.15) is 0 Å². The predicted molar refractivity (Wildman–Crippen MR) is 98.4 cm³/mol. The third-order valence-corrected chi connectivity index (χ3v) is 4.07. The number of hydrogen-bond acceptors (Lipinski definition) is 2. The molecule has 4 heteroatoms. The van der Waals surface area contributed by atoms with Crippen LogP contribution in [0, 0.1) is 0 Å². The molecule has 0 aliphatic carbocycles. The molecule has 0 fully saturated rings. The van der Waals surface area contributed by atoms with Gasteiger partial charge in [0, 0.05) is 5.02 Å². The van der Waals surface area contributed by atoms with Crippen molar-refractivity contribution in [3.8, 4) is 5.75 Å². The van der Waals surface area contributed by atoms with Gasteiger partial charge in [0.15, 0.2) is 5.60 Å². The Morgan fingerprint density at radius 3 is 2.33 bits per heavy atom. The highest BCUT2D eigenvalue weighted by Crippen LogP contribution is 2.23. The number of carbonyl (C=O) groups is 1. The first-order valence-corrected chi connectivity index (χ1v) is 8.60. The van der Waals surface area contributed by atoms with Crippen molar-refractivity contribution in [1.82, 2.24) is 5.32 Å². The van der Waals surface area contributed by atoms with Crippen molar-refractivity contribution in [3.63, 3.8) is 0 Å². The van der Waals surface area contributed by atoms with E-state index in [1.54, 1.807) is 38.1 Å². The molecule has 1 unspecified atom stereocenters. The van der Waals surface area contributed by atoms with Crippen molar-refractivity contribution in [2.75, 3.05) is 0 Å². The molecule has 0 aliphatic rings. The smallest absolute Gasteiger partial charge is 0.264 e. The average Bonchev–Trinajstić information content (AvgIpc) is 2.57. The second-order valence-corrected chi connectivity index (χ2v) is 6.73. The molecule has 0 radical (unpaired) electrons. The maximum atomic E-state index is 12.7. The van der Waals surface area contributed by atoms with Gasteiger partial charge in [-0.3, -0.25) is 4.79 Å². The van der Waals surface area contributed by atoms with Crippen LogP contribution in [-0.2, 0) is 4.79 Å². The van der Waals surface area contributed by atoms with E-state index in [0.29, 0.717) is 10.8 Å². The van der Waals surface area contributed by atoms with Gasteiger partial charge in [-0.05, 0) is 50.1 Å². The standard InChI is InChI=1S/C20H24ClNO2/c1-4-8-18(15-9-6-5-7-10-15)22-19(23)20(2,3)24-17-13-11-16(21)12-14-17/h5-7,9-14,18H,4,8H2,1-3H3,(H,22,23). The lowest BCUT2D eigenvalue weighted by molar-refractivity contribution is -0.135. The molecule has 3 nitrogen and oxygen atoms in total. The molecule has 0 heterocycles. The van der Waals surface area contributed by atoms with Crippen LogP contribution in [0.3, 0.4) is 0 Å². The number of carbonyl (C=O) groups excluding carboxylic acids is 1. The van der Waals surface area contributed by atoms with Gasteiger partial charge in [0.2, 0.25) is 0 Å². The topological polar surface area (TPSA) is 38.3 Å². The molecule has 2 aromatic carbocycles. The first-order chi connectivity index (χ1) is 11.4. The molecule has 0 spiro atoms. The van der Waals surface area contributed by atoms with Crippen LogP contribution in [0.25, 0.3) is 0 Å². The van der Waals surface area contributed by atoms with Gasteiger partial charge in [-0.25, -0.2) is 0 Å². The maximum absolute atomic E-state index is 12.7. The predicted octanol–water partition coefficient (Wildman–Crippen LogP) is 5.16. The van der Waals surface area contributed by atoms with Crippen LogP contribution in [0.4, 0.5) is 0 Å². The Labute approximate surface area is 149 Å². The second kappa shape index (κ2) is 8.20. The second-order valence-electron chi connectivity index (χ2n) is 6.29. The van der Waals surface area contributed by atoms with Crippen LogP contribution >= 0.6 is 11.6 Å². The SMILES string of the molecule is CCCC(NC(=O)C(C)(C)Oc1ccc(Cl)cc1)c1ccccc1. The zero-order valence-electron chi connectivity index (χ0n) is 14.4. The highest BCUT2D eigenvalue weighted by Gasteiger charge is 2.31. The Bertz CT molecular complexity index is 653. The fraction of sp³-hybridized carbons (Fsp3) is 0.350. The molecule has 2 rings (SSSR count). The van der Waals surface area contributed by atoms with E-state index in [0.717, 1.165) is 18.4 Å². The number of amides is 1. The molecule has 1 atom stereocenters. The lowest BCUT2D eigenvalue weighted by Gasteiger charge is -2.28. The Morgan fingerprint density at radius 2 is 1.75 bits per heavy atom. The molecule has 0 saturated carbocycles. The number of halogens is 1. The summed E-state index contributed by atoms with van der Waals surface area (Å²) in [6, 6.07) is 17.0. The Hall–Kier alpha value is -2.00. The minimum absolute atomic E-state index is 0.0169. The molecule has 0 aliphatic heterocycles. The summed E-state index contributed by atoms with van der Waals surface area (Å²) in [5.41, 5.74) is 0.129. The molecular formula is C20H24ClNO2. The number of nitrogens with one attached hydrogen (secondary N) is 1. The molecule has 1 amide bonds. The maximum Gasteiger partial charge on any atom is 0.264 e. The summed E-state index contributed by atoms with van der Waals surface area (Å²) >= 11 is 5.88. The minimum atomic E-state index is -0.978. The van der Waals surface area contributed by atoms with Crippen LogP contribution in [0.2, 0.25) is 5.02 Å². The zero-order chi connectivity index (χ0) is 17.6. The summed E-state index contributed by atoms with van der Waals surface area (Å²) in [6.07, 6.45) is 1.87. The molecule has 1 N–H and O–H groups in total. The zero-order valence-corrected chi connectivity index (χ0v) is 15.1. The first kappa shape index (κ1) is 18.3. The molecule has 24 heavy (non-hydrogen) atoms. The number of benzene rings is 2. The lowest BCUT2D eigenvalue weighted by atomic mass is 10.0. The number of hydrogen-bond donors (Lipinski definition) is 1. The summed E-state index contributed by atoms with van der Waals surface area (Å²) in [5, 5.41) is 3.75. The van der Waals surface area contributed by atoms with Crippen molar-refractivity contribution < 1.29 is 9.53 Å². The van der Waals surface area contributed by atoms with Crippen LogP contribution in [-0.4, -0.2) is 11.5 Å². The largest absolute Gasteiger partial charge is 0.478 e. The van der Waals surface area contributed by atoms with Crippen molar-refractivity contribution in [2.24, 2.45) is 0 Å². The highest BCUT2D eigenvalue weighted by molar-refractivity contribution is 6.30. The molecule has 128 valence electrons. The third-order valence-electron chi connectivity index (χ3n) is 3.82. The Kier molecular flexibility index (Phi) is 6.27. The number of ether oxygens (including phenoxy) is 1. The first-order valence-electron chi connectivity index (χ1n) is 8.23. The van der Waals surface area contributed by atoms with Crippen LogP contribution in [0.5, 0.6) is 5.75 Å². The van der Waals surface area contributed by atoms with E-state index in [1.807, 2.05) is 30.3 Å². The van der Waals surface area contributed by atoms with Crippen molar-refractivity contribution >= 4 is 17.5 Å².